The van der Waals surface area contributed by atoms with Crippen LogP contribution in [0.2, 0.25) is 5.82 Å². The summed E-state index contributed by atoms with van der Waals surface area (Å²) >= 11 is 0. The van der Waals surface area contributed by atoms with Crippen LogP contribution < -0.4 is 51.4 Å². The molecule has 1 fully saturated rings. The monoisotopic (exact) mass is 149 g/mol. The van der Waals surface area contributed by atoms with Crippen molar-refractivity contribution in [3.05, 3.63) is 0 Å². The van der Waals surface area contributed by atoms with Crippen molar-refractivity contribution >= 4 is 6.98 Å². The van der Waals surface area contributed by atoms with E-state index in [0.29, 0.717) is 12.8 Å². The molecule has 0 heterocycles. The molecule has 0 atom stereocenters. The summed E-state index contributed by atoms with van der Waals surface area (Å²) in [4.78, 5) is 0. The van der Waals surface area contributed by atoms with Crippen LogP contribution in [0.25, 0.3) is 0 Å². The number of hydrogen-bond donors (Lipinski definition) is 0. The van der Waals surface area contributed by atoms with Crippen molar-refractivity contribution in [1.82, 2.24) is 0 Å². The second-order valence-electron chi connectivity index (χ2n) is 1.96. The molecule has 0 aromatic rings. The predicted molar refractivity (Wildman–Crippen MR) is 23.2 cm³/mol. The molecule has 1 rings (SSSR count). The average molecular weight is 149 g/mol. The van der Waals surface area contributed by atoms with Crippen molar-refractivity contribution in [2.24, 2.45) is 0 Å². The minimum atomic E-state index is -4.44. The van der Waals surface area contributed by atoms with Gasteiger partial charge in [0.2, 0.25) is 0 Å². The summed E-state index contributed by atoms with van der Waals surface area (Å²) in [6, 6.07) is 0. The minimum Gasteiger partial charge on any atom is -1.00 e. The third kappa shape index (κ3) is 2.87. The summed E-state index contributed by atoms with van der Waals surface area (Å²) in [6.07, 6.45) is 0.757. The zero-order valence-electron chi connectivity index (χ0n) is 5.70. The third-order valence-electron chi connectivity index (χ3n) is 1.16. The van der Waals surface area contributed by atoms with Gasteiger partial charge in [0.1, 0.15) is 0 Å². The van der Waals surface area contributed by atoms with E-state index in [-0.39, 0.29) is 52.8 Å². The number of rotatable bonds is 1. The molecule has 0 aromatic heterocycles. The maximum Gasteiger partial charge on any atom is 1.00 e. The number of halogens is 3. The molecule has 0 aliphatic heterocycles. The van der Waals surface area contributed by atoms with E-state index in [9.17, 15) is 12.9 Å². The van der Waals surface area contributed by atoms with Gasteiger partial charge >= 0.3 is 58.4 Å². The summed E-state index contributed by atoms with van der Waals surface area (Å²) in [7, 11) is 0. The molecule has 0 bridgehead atoms. The molecule has 1 aliphatic rings. The largest absolute Gasteiger partial charge is 1.00 e. The number of hydrogen-bond acceptors (Lipinski definition) is 0. The first-order valence-electron chi connectivity index (χ1n) is 2.30. The second-order valence-corrected chi connectivity index (χ2v) is 1.96. The van der Waals surface area contributed by atoms with Gasteiger partial charge in [-0.2, -0.15) is 0 Å². The second kappa shape index (κ2) is 3.05. The summed E-state index contributed by atoms with van der Waals surface area (Å²) in [5.74, 6) is -0.889. The maximum atomic E-state index is 11.3. The smallest absolute Gasteiger partial charge is 1.00 e. The average Bonchev–Trinajstić information content (AvgIpc) is 1.99. The molecule has 1 saturated carbocycles. The van der Waals surface area contributed by atoms with Gasteiger partial charge in [-0.05, 0) is 0 Å². The van der Waals surface area contributed by atoms with Gasteiger partial charge in [0.25, 0.3) is 0 Å². The Morgan fingerprint density at radius 3 is 1.62 bits per heavy atom. The van der Waals surface area contributed by atoms with Crippen LogP contribution in [0.15, 0.2) is 0 Å². The van der Waals surface area contributed by atoms with Crippen LogP contribution >= 0.6 is 0 Å². The maximum absolute atomic E-state index is 11.3. The molecule has 1 aliphatic carbocycles. The van der Waals surface area contributed by atoms with Crippen LogP contribution in [-0.2, 0) is 0 Å². The first-order chi connectivity index (χ1) is 3.11. The van der Waals surface area contributed by atoms with Crippen molar-refractivity contribution in [3.63, 3.8) is 0 Å². The van der Waals surface area contributed by atoms with Crippen LogP contribution in [0.1, 0.15) is 14.3 Å². The van der Waals surface area contributed by atoms with Crippen molar-refractivity contribution in [3.8, 4) is 0 Å². The van der Waals surface area contributed by atoms with E-state index in [4.69, 9.17) is 0 Å². The molecule has 0 N–H and O–H groups in total. The zero-order valence-corrected chi connectivity index (χ0v) is 7.83. The Morgan fingerprint density at radius 1 is 1.25 bits per heavy atom. The Bertz CT molecular complexity index is 81.6. The van der Waals surface area contributed by atoms with Crippen LogP contribution in [0.3, 0.4) is 0 Å². The molecular formula is C3H6BF3K-. The fourth-order valence-corrected chi connectivity index (χ4v) is 0.474. The molecule has 0 nitrogen and oxygen atoms in total. The SMILES string of the molecule is F[B-](F)(F)C1CC1.[H-].[K+]. The third-order valence-corrected chi connectivity index (χ3v) is 1.16. The molecule has 0 aromatic carbocycles. The van der Waals surface area contributed by atoms with E-state index in [0.717, 1.165) is 0 Å². The van der Waals surface area contributed by atoms with Crippen molar-refractivity contribution in [2.75, 3.05) is 0 Å². The van der Waals surface area contributed by atoms with Gasteiger partial charge in [-0.25, -0.2) is 0 Å². The fraction of sp³-hybridized carbons (Fsp3) is 1.00. The first-order valence-corrected chi connectivity index (χ1v) is 2.30. The van der Waals surface area contributed by atoms with Gasteiger partial charge in [-0.3, -0.25) is 0 Å². The zero-order chi connectivity index (χ0) is 5.49. The molecule has 0 unspecified atom stereocenters. The quantitative estimate of drug-likeness (QED) is 0.424. The molecule has 0 saturated heterocycles. The minimum absolute atomic E-state index is 0. The Balaban J connectivity index is 0. The van der Waals surface area contributed by atoms with Gasteiger partial charge in [0.15, 0.2) is 0 Å². The van der Waals surface area contributed by atoms with Gasteiger partial charge in [0.05, 0.1) is 0 Å². The van der Waals surface area contributed by atoms with Gasteiger partial charge in [-0.15, -0.1) is 0 Å². The summed E-state index contributed by atoms with van der Waals surface area (Å²) in [5.41, 5.74) is 0. The molecule has 0 amide bonds. The Morgan fingerprint density at radius 2 is 1.62 bits per heavy atom. The van der Waals surface area contributed by atoms with Crippen molar-refractivity contribution in [1.29, 1.82) is 0 Å². The normalized spacial score (nSPS) is 19.9. The van der Waals surface area contributed by atoms with E-state index in [1.165, 1.54) is 0 Å². The van der Waals surface area contributed by atoms with Crippen LogP contribution in [-0.4, -0.2) is 6.98 Å². The van der Waals surface area contributed by atoms with Gasteiger partial charge < -0.3 is 14.4 Å². The van der Waals surface area contributed by atoms with Crippen LogP contribution in [0.5, 0.6) is 0 Å². The van der Waals surface area contributed by atoms with Crippen molar-refractivity contribution < 1.29 is 65.8 Å². The summed E-state index contributed by atoms with van der Waals surface area (Å²) in [6.45, 7) is -4.44. The van der Waals surface area contributed by atoms with E-state index in [1.807, 2.05) is 0 Å². The molecule has 0 radical (unpaired) electrons. The Labute approximate surface area is 90.2 Å². The molecule has 5 heteroatoms. The van der Waals surface area contributed by atoms with Crippen LogP contribution in [0, 0.1) is 0 Å². The van der Waals surface area contributed by atoms with E-state index in [1.54, 1.807) is 0 Å². The molecule has 0 spiro atoms. The van der Waals surface area contributed by atoms with Gasteiger partial charge in [-0.1, -0.05) is 18.7 Å². The predicted octanol–water partition coefficient (Wildman–Crippen LogP) is -0.886. The van der Waals surface area contributed by atoms with Crippen LogP contribution in [0.4, 0.5) is 12.9 Å². The van der Waals surface area contributed by atoms with Gasteiger partial charge in [0, 0.05) is 0 Å². The first kappa shape index (κ1) is 9.49. The molecular weight excluding hydrogens is 143 g/mol. The summed E-state index contributed by atoms with van der Waals surface area (Å²) in [5, 5.41) is 0. The Hall–Kier alpha value is 1.49. The topological polar surface area (TPSA) is 0 Å². The standard InChI is InChI=1S/C3H5BF3.K.H/c5-4(6,7)3-1-2-3;;/h3H,1-2H2;;/q-1;+1;-1. The summed E-state index contributed by atoms with van der Waals surface area (Å²) < 4.78 is 33.9. The van der Waals surface area contributed by atoms with E-state index < -0.39 is 12.8 Å². The van der Waals surface area contributed by atoms with E-state index in [2.05, 4.69) is 0 Å². The Kier molecular flexibility index (Phi) is 3.62. The van der Waals surface area contributed by atoms with E-state index >= 15 is 0 Å². The van der Waals surface area contributed by atoms with Crippen molar-refractivity contribution in [2.45, 2.75) is 18.7 Å². The fourth-order valence-electron chi connectivity index (χ4n) is 0.474. The molecule has 8 heavy (non-hydrogen) atoms. The molecule has 44 valence electrons.